The van der Waals surface area contributed by atoms with Gasteiger partial charge < -0.3 is 9.64 Å². The first-order valence-corrected chi connectivity index (χ1v) is 7.59. The Bertz CT molecular complexity index is 339. The van der Waals surface area contributed by atoms with Crippen molar-refractivity contribution < 1.29 is 4.74 Å². The SMILES string of the molecule is CCCCOc1ccc(CCC(C)N(C)CC)cc1.Cl. The molecule has 0 bridgehead atoms. The van der Waals surface area contributed by atoms with Crippen LogP contribution in [0.1, 0.15) is 45.6 Å². The van der Waals surface area contributed by atoms with Gasteiger partial charge in [-0.25, -0.2) is 0 Å². The zero-order chi connectivity index (χ0) is 14.1. The van der Waals surface area contributed by atoms with Crippen molar-refractivity contribution in [2.75, 3.05) is 20.2 Å². The fourth-order valence-electron chi connectivity index (χ4n) is 1.99. The monoisotopic (exact) mass is 299 g/mol. The number of nitrogens with zero attached hydrogens (tertiary/aromatic N) is 1. The third-order valence-corrected chi connectivity index (χ3v) is 3.79. The van der Waals surface area contributed by atoms with Gasteiger partial charge in [0.2, 0.25) is 0 Å². The van der Waals surface area contributed by atoms with Gasteiger partial charge in [-0.1, -0.05) is 32.4 Å². The highest BCUT2D eigenvalue weighted by Crippen LogP contribution is 2.15. The van der Waals surface area contributed by atoms with Crippen LogP contribution in [-0.4, -0.2) is 31.1 Å². The first kappa shape index (κ1) is 19.3. The summed E-state index contributed by atoms with van der Waals surface area (Å²) >= 11 is 0. The molecule has 2 nitrogen and oxygen atoms in total. The summed E-state index contributed by atoms with van der Waals surface area (Å²) < 4.78 is 5.67. The van der Waals surface area contributed by atoms with Gasteiger partial charge in [0.25, 0.3) is 0 Å². The van der Waals surface area contributed by atoms with Crippen molar-refractivity contribution in [3.8, 4) is 5.75 Å². The van der Waals surface area contributed by atoms with Crippen LogP contribution in [0.3, 0.4) is 0 Å². The second-order valence-electron chi connectivity index (χ2n) is 5.31. The van der Waals surface area contributed by atoms with Crippen molar-refractivity contribution in [2.24, 2.45) is 0 Å². The molecule has 0 fully saturated rings. The number of aryl methyl sites for hydroxylation is 1. The minimum absolute atomic E-state index is 0. The molecule has 1 rings (SSSR count). The number of benzene rings is 1. The highest BCUT2D eigenvalue weighted by molar-refractivity contribution is 5.85. The Labute approximate surface area is 130 Å². The third kappa shape index (κ3) is 7.16. The fraction of sp³-hybridized carbons (Fsp3) is 0.647. The number of hydrogen-bond donors (Lipinski definition) is 0. The van der Waals surface area contributed by atoms with Gasteiger partial charge in [-0.2, -0.15) is 0 Å². The van der Waals surface area contributed by atoms with Crippen LogP contribution in [0.5, 0.6) is 5.75 Å². The normalized spacial score (nSPS) is 12.1. The average molecular weight is 300 g/mol. The topological polar surface area (TPSA) is 12.5 Å². The molecule has 0 aromatic heterocycles. The van der Waals surface area contributed by atoms with Crippen molar-refractivity contribution >= 4 is 12.4 Å². The maximum Gasteiger partial charge on any atom is 0.119 e. The molecule has 1 aromatic carbocycles. The molecule has 0 aliphatic heterocycles. The Morgan fingerprint density at radius 1 is 1.15 bits per heavy atom. The minimum Gasteiger partial charge on any atom is -0.494 e. The van der Waals surface area contributed by atoms with Gasteiger partial charge in [0.1, 0.15) is 5.75 Å². The van der Waals surface area contributed by atoms with Crippen molar-refractivity contribution in [1.29, 1.82) is 0 Å². The number of rotatable bonds is 9. The Morgan fingerprint density at radius 2 is 1.80 bits per heavy atom. The molecule has 0 N–H and O–H groups in total. The minimum atomic E-state index is 0. The lowest BCUT2D eigenvalue weighted by atomic mass is 10.1. The van der Waals surface area contributed by atoms with Crippen LogP contribution in [0.4, 0.5) is 0 Å². The lowest BCUT2D eigenvalue weighted by Crippen LogP contribution is -2.29. The Balaban J connectivity index is 0.00000361. The Hall–Kier alpha value is -0.730. The average Bonchev–Trinajstić information content (AvgIpc) is 2.45. The van der Waals surface area contributed by atoms with E-state index in [1.54, 1.807) is 0 Å². The molecule has 0 radical (unpaired) electrons. The summed E-state index contributed by atoms with van der Waals surface area (Å²) in [5.74, 6) is 0.996. The Kier molecular flexibility index (Phi) is 10.6. The van der Waals surface area contributed by atoms with Gasteiger partial charge in [-0.15, -0.1) is 12.4 Å². The summed E-state index contributed by atoms with van der Waals surface area (Å²) in [6.07, 6.45) is 4.66. The van der Waals surface area contributed by atoms with Crippen molar-refractivity contribution in [3.05, 3.63) is 29.8 Å². The smallest absolute Gasteiger partial charge is 0.119 e. The van der Waals surface area contributed by atoms with Crippen LogP contribution in [-0.2, 0) is 6.42 Å². The maximum absolute atomic E-state index is 5.67. The molecule has 0 amide bonds. The number of halogens is 1. The lowest BCUT2D eigenvalue weighted by molar-refractivity contribution is 0.259. The quantitative estimate of drug-likeness (QED) is 0.620. The van der Waals surface area contributed by atoms with E-state index in [0.717, 1.165) is 31.7 Å². The molecule has 1 atom stereocenters. The van der Waals surface area contributed by atoms with Gasteiger partial charge in [-0.05, 0) is 57.5 Å². The maximum atomic E-state index is 5.67. The molecule has 1 unspecified atom stereocenters. The third-order valence-electron chi connectivity index (χ3n) is 3.79. The van der Waals surface area contributed by atoms with Gasteiger partial charge in [0.05, 0.1) is 6.61 Å². The van der Waals surface area contributed by atoms with Crippen LogP contribution < -0.4 is 4.74 Å². The van der Waals surface area contributed by atoms with Crippen molar-refractivity contribution in [1.82, 2.24) is 4.90 Å². The van der Waals surface area contributed by atoms with E-state index in [-0.39, 0.29) is 12.4 Å². The number of hydrogen-bond acceptors (Lipinski definition) is 2. The summed E-state index contributed by atoms with van der Waals surface area (Å²) in [7, 11) is 2.19. The summed E-state index contributed by atoms with van der Waals surface area (Å²) in [6, 6.07) is 9.23. The summed E-state index contributed by atoms with van der Waals surface area (Å²) in [5, 5.41) is 0. The molecule has 0 aliphatic carbocycles. The van der Waals surface area contributed by atoms with Crippen LogP contribution in [0.15, 0.2) is 24.3 Å². The van der Waals surface area contributed by atoms with Gasteiger partial charge in [0, 0.05) is 6.04 Å². The van der Waals surface area contributed by atoms with Crippen LogP contribution >= 0.6 is 12.4 Å². The number of ether oxygens (including phenoxy) is 1. The summed E-state index contributed by atoms with van der Waals surface area (Å²) in [4.78, 5) is 2.39. The zero-order valence-electron chi connectivity index (χ0n) is 13.4. The molecule has 20 heavy (non-hydrogen) atoms. The molecule has 0 aliphatic rings. The molecule has 1 aromatic rings. The van der Waals surface area contributed by atoms with Gasteiger partial charge in [0.15, 0.2) is 0 Å². The van der Waals surface area contributed by atoms with Crippen molar-refractivity contribution in [2.45, 2.75) is 52.5 Å². The van der Waals surface area contributed by atoms with Crippen LogP contribution in [0, 0.1) is 0 Å². The van der Waals surface area contributed by atoms with E-state index in [1.165, 1.54) is 18.4 Å². The second kappa shape index (κ2) is 11.0. The summed E-state index contributed by atoms with van der Waals surface area (Å²) in [5.41, 5.74) is 1.40. The largest absolute Gasteiger partial charge is 0.494 e. The molecule has 116 valence electrons. The summed E-state index contributed by atoms with van der Waals surface area (Å²) in [6.45, 7) is 8.63. The van der Waals surface area contributed by atoms with E-state index in [0.29, 0.717) is 6.04 Å². The van der Waals surface area contributed by atoms with E-state index in [4.69, 9.17) is 4.74 Å². The standard InChI is InChI=1S/C17H29NO.ClH/c1-5-7-14-19-17-12-10-16(11-13-17)9-8-15(3)18(4)6-2;/h10-13,15H,5-9,14H2,1-4H3;1H. The first-order valence-electron chi connectivity index (χ1n) is 7.59. The molecule has 0 saturated heterocycles. The molecule has 0 spiro atoms. The van der Waals surface area contributed by atoms with E-state index in [9.17, 15) is 0 Å². The highest BCUT2D eigenvalue weighted by Gasteiger charge is 2.06. The number of unbranched alkanes of at least 4 members (excludes halogenated alkanes) is 1. The van der Waals surface area contributed by atoms with Crippen LogP contribution in [0.25, 0.3) is 0 Å². The van der Waals surface area contributed by atoms with Crippen LogP contribution in [0.2, 0.25) is 0 Å². The van der Waals surface area contributed by atoms with Gasteiger partial charge in [-0.3, -0.25) is 0 Å². The van der Waals surface area contributed by atoms with Gasteiger partial charge >= 0.3 is 0 Å². The predicted octanol–water partition coefficient (Wildman–Crippen LogP) is 4.56. The fourth-order valence-corrected chi connectivity index (χ4v) is 1.99. The molecule has 3 heteroatoms. The lowest BCUT2D eigenvalue weighted by Gasteiger charge is -2.22. The molecule has 0 saturated carbocycles. The second-order valence-corrected chi connectivity index (χ2v) is 5.31. The Morgan fingerprint density at radius 3 is 2.35 bits per heavy atom. The highest BCUT2D eigenvalue weighted by atomic mass is 35.5. The van der Waals surface area contributed by atoms with Crippen molar-refractivity contribution in [3.63, 3.8) is 0 Å². The zero-order valence-corrected chi connectivity index (χ0v) is 14.2. The van der Waals surface area contributed by atoms with E-state index >= 15 is 0 Å². The molecule has 0 heterocycles. The predicted molar refractivity (Wildman–Crippen MR) is 90.2 cm³/mol. The first-order chi connectivity index (χ1) is 9.17. The van der Waals surface area contributed by atoms with E-state index < -0.39 is 0 Å². The molecular weight excluding hydrogens is 270 g/mol. The van der Waals surface area contributed by atoms with E-state index in [1.807, 2.05) is 0 Å². The van der Waals surface area contributed by atoms with E-state index in [2.05, 4.69) is 57.0 Å². The molecular formula is C17H30ClNO.